The summed E-state index contributed by atoms with van der Waals surface area (Å²) in [5.41, 5.74) is 2.77. The summed E-state index contributed by atoms with van der Waals surface area (Å²) < 4.78 is 0. The van der Waals surface area contributed by atoms with Gasteiger partial charge in [0.15, 0.2) is 0 Å². The van der Waals surface area contributed by atoms with Gasteiger partial charge in [-0.05, 0) is 38.5 Å². The van der Waals surface area contributed by atoms with Gasteiger partial charge in [0.25, 0.3) is 0 Å². The highest BCUT2D eigenvalue weighted by Crippen LogP contribution is 2.63. The lowest BCUT2D eigenvalue weighted by molar-refractivity contribution is 1.15. The molecule has 2 heteroatoms. The van der Waals surface area contributed by atoms with E-state index >= 15 is 0 Å². The highest BCUT2D eigenvalue weighted by molar-refractivity contribution is 9.58. The van der Waals surface area contributed by atoms with E-state index in [0.29, 0.717) is 5.25 Å². The maximum absolute atomic E-state index is 3.90. The Morgan fingerprint density at radius 2 is 1.12 bits per heavy atom. The van der Waals surface area contributed by atoms with Gasteiger partial charge in [0.05, 0.1) is 0 Å². The summed E-state index contributed by atoms with van der Waals surface area (Å²) in [6.07, 6.45) is 4.61. The standard InChI is InChI=1S/C15H17BrS/c1-17(2,16)15(13-9-5-3-6-10-13)14-11-7-4-8-12-14/h3-12,15H,1-2H3. The van der Waals surface area contributed by atoms with Crippen molar-refractivity contribution in [3.05, 3.63) is 71.8 Å². The van der Waals surface area contributed by atoms with Gasteiger partial charge in [-0.1, -0.05) is 60.7 Å². The normalized spacial score (nSPS) is 12.7. The Bertz CT molecular complexity index is 420. The molecule has 2 aromatic rings. The molecule has 0 saturated heterocycles. The lowest BCUT2D eigenvalue weighted by Crippen LogP contribution is -2.05. The molecular weight excluding hydrogens is 292 g/mol. The Labute approximate surface area is 113 Å². The lowest BCUT2D eigenvalue weighted by atomic mass is 10.0. The van der Waals surface area contributed by atoms with Crippen LogP contribution in [0.5, 0.6) is 0 Å². The Kier molecular flexibility index (Phi) is 3.95. The molecule has 0 saturated carbocycles. The van der Waals surface area contributed by atoms with Gasteiger partial charge in [0, 0.05) is 5.25 Å². The van der Waals surface area contributed by atoms with Crippen LogP contribution in [0.25, 0.3) is 0 Å². The largest absolute Gasteiger partial charge is 0.178 e. The first-order valence-electron chi connectivity index (χ1n) is 5.61. The number of hydrogen-bond donors (Lipinski definition) is 0. The van der Waals surface area contributed by atoms with Crippen LogP contribution in [0.15, 0.2) is 60.7 Å². The predicted octanol–water partition coefficient (Wildman–Crippen LogP) is 5.15. The van der Waals surface area contributed by atoms with Crippen LogP contribution in [0, 0.1) is 0 Å². The summed E-state index contributed by atoms with van der Waals surface area (Å²) in [5.74, 6) is 0. The zero-order valence-corrected chi connectivity index (χ0v) is 12.5. The summed E-state index contributed by atoms with van der Waals surface area (Å²) in [5, 5.41) is 0.449. The lowest BCUT2D eigenvalue weighted by Gasteiger charge is -2.34. The average molecular weight is 309 g/mol. The van der Waals surface area contributed by atoms with E-state index in [1.165, 1.54) is 11.1 Å². The molecule has 0 aliphatic heterocycles. The predicted molar refractivity (Wildman–Crippen MR) is 83.1 cm³/mol. The molecule has 0 aliphatic carbocycles. The van der Waals surface area contributed by atoms with E-state index in [0.717, 1.165) is 0 Å². The Morgan fingerprint density at radius 1 is 0.765 bits per heavy atom. The molecule has 0 aliphatic rings. The minimum absolute atomic E-state index is 0.449. The van der Waals surface area contributed by atoms with Crippen molar-refractivity contribution in [2.45, 2.75) is 5.25 Å². The van der Waals surface area contributed by atoms with Gasteiger partial charge < -0.3 is 0 Å². The third kappa shape index (κ3) is 3.14. The van der Waals surface area contributed by atoms with Crippen molar-refractivity contribution in [3.8, 4) is 0 Å². The zero-order chi connectivity index (χ0) is 12.3. The molecule has 0 bridgehead atoms. The summed E-state index contributed by atoms with van der Waals surface area (Å²) in [7, 11) is -0.859. The van der Waals surface area contributed by atoms with Gasteiger partial charge >= 0.3 is 0 Å². The SMILES string of the molecule is CS(C)(Br)C(c1ccccc1)c1ccccc1. The highest BCUT2D eigenvalue weighted by Gasteiger charge is 2.25. The highest BCUT2D eigenvalue weighted by atomic mass is 79.9. The fourth-order valence-electron chi connectivity index (χ4n) is 2.10. The van der Waals surface area contributed by atoms with Crippen molar-refractivity contribution in [1.82, 2.24) is 0 Å². The fourth-order valence-corrected chi connectivity index (χ4v) is 5.00. The van der Waals surface area contributed by atoms with Crippen molar-refractivity contribution < 1.29 is 0 Å². The molecular formula is C15H17BrS. The molecule has 2 rings (SSSR count). The molecule has 0 aromatic heterocycles. The van der Waals surface area contributed by atoms with Crippen LogP contribution in [0.2, 0.25) is 0 Å². The third-order valence-electron chi connectivity index (χ3n) is 2.77. The second-order valence-electron chi connectivity index (χ2n) is 4.48. The van der Waals surface area contributed by atoms with Crippen molar-refractivity contribution in [3.63, 3.8) is 0 Å². The zero-order valence-electron chi connectivity index (χ0n) is 10.1. The van der Waals surface area contributed by atoms with Crippen LogP contribution in [-0.2, 0) is 0 Å². The maximum Gasteiger partial charge on any atom is 0.0473 e. The fraction of sp³-hybridized carbons (Fsp3) is 0.200. The monoisotopic (exact) mass is 308 g/mol. The molecule has 0 amide bonds. The second-order valence-corrected chi connectivity index (χ2v) is 12.5. The van der Waals surface area contributed by atoms with Crippen molar-refractivity contribution in [2.75, 3.05) is 12.5 Å². The van der Waals surface area contributed by atoms with Crippen molar-refractivity contribution in [2.24, 2.45) is 0 Å². The van der Waals surface area contributed by atoms with E-state index in [2.05, 4.69) is 88.0 Å². The van der Waals surface area contributed by atoms with Crippen LogP contribution in [0.4, 0.5) is 0 Å². The minimum atomic E-state index is -0.859. The molecule has 0 heterocycles. The van der Waals surface area contributed by atoms with Crippen LogP contribution in [-0.4, -0.2) is 12.5 Å². The molecule has 0 nitrogen and oxygen atoms in total. The summed E-state index contributed by atoms with van der Waals surface area (Å²) in [6, 6.07) is 21.5. The van der Waals surface area contributed by atoms with E-state index < -0.39 is 8.46 Å². The minimum Gasteiger partial charge on any atom is -0.178 e. The van der Waals surface area contributed by atoms with E-state index in [1.807, 2.05) is 0 Å². The quantitative estimate of drug-likeness (QED) is 0.735. The molecule has 0 radical (unpaired) electrons. The van der Waals surface area contributed by atoms with Gasteiger partial charge in [-0.15, -0.1) is 0 Å². The first-order chi connectivity index (χ1) is 8.09. The van der Waals surface area contributed by atoms with E-state index in [-0.39, 0.29) is 0 Å². The molecule has 0 N–H and O–H groups in total. The molecule has 90 valence electrons. The number of benzene rings is 2. The van der Waals surface area contributed by atoms with E-state index in [4.69, 9.17) is 0 Å². The third-order valence-corrected chi connectivity index (χ3v) is 5.55. The van der Waals surface area contributed by atoms with Gasteiger partial charge in [-0.25, -0.2) is 0 Å². The first kappa shape index (κ1) is 12.7. The number of hydrogen-bond acceptors (Lipinski definition) is 0. The Hall–Kier alpha value is -0.730. The molecule has 0 fully saturated rings. The van der Waals surface area contributed by atoms with E-state index in [1.54, 1.807) is 0 Å². The van der Waals surface area contributed by atoms with Crippen LogP contribution in [0.3, 0.4) is 0 Å². The number of halogens is 1. The maximum atomic E-state index is 3.90. The Morgan fingerprint density at radius 3 is 1.41 bits per heavy atom. The van der Waals surface area contributed by atoms with Crippen LogP contribution >= 0.6 is 23.3 Å². The van der Waals surface area contributed by atoms with Crippen molar-refractivity contribution in [1.29, 1.82) is 0 Å². The average Bonchev–Trinajstić information content (AvgIpc) is 2.30. The van der Waals surface area contributed by atoms with Gasteiger partial charge in [-0.3, -0.25) is 0 Å². The van der Waals surface area contributed by atoms with Crippen LogP contribution < -0.4 is 0 Å². The molecule has 17 heavy (non-hydrogen) atoms. The topological polar surface area (TPSA) is 0 Å². The molecule has 2 aromatic carbocycles. The van der Waals surface area contributed by atoms with Gasteiger partial charge in [0.1, 0.15) is 0 Å². The smallest absolute Gasteiger partial charge is 0.0473 e. The van der Waals surface area contributed by atoms with Crippen molar-refractivity contribution >= 4 is 23.3 Å². The molecule has 0 atom stereocenters. The molecule has 0 spiro atoms. The second kappa shape index (κ2) is 5.28. The van der Waals surface area contributed by atoms with Gasteiger partial charge in [-0.2, -0.15) is 8.46 Å². The van der Waals surface area contributed by atoms with E-state index in [9.17, 15) is 0 Å². The Balaban J connectivity index is 2.48. The molecule has 0 unspecified atom stereocenters. The summed E-state index contributed by atoms with van der Waals surface area (Å²) >= 11 is 3.90. The number of rotatable bonds is 3. The van der Waals surface area contributed by atoms with Gasteiger partial charge in [0.2, 0.25) is 0 Å². The summed E-state index contributed by atoms with van der Waals surface area (Å²) in [6.45, 7) is 0. The van der Waals surface area contributed by atoms with Crippen LogP contribution in [0.1, 0.15) is 16.4 Å². The summed E-state index contributed by atoms with van der Waals surface area (Å²) in [4.78, 5) is 0. The first-order valence-corrected chi connectivity index (χ1v) is 9.96.